The number of carbonyl (C=O) groups is 4. The molecule has 3 saturated carbocycles. The summed E-state index contributed by atoms with van der Waals surface area (Å²) in [6, 6.07) is -1.01. The standard InChI is InChI=1S/C56H90ClFN2O15/c1-15-42-54(11,69)46(65)34(7)60(14)28-29(2)26-53(10,68)47(32(5)44(64)33(6)48(66)73-42)75-49-45(40(59(12)13)23-31(4)72-49)74-43(63)18-16-17-21-71-50(67)56(70)30(3)22-36-37-25-39(58)38-24-35(61)19-20-51(38,8)55(37,57)41(62)27-52(36,56)9/h19-20,24,29-34,36-37,39-42,44-47,49,62,64-65,68-70H,15-18,21-23,25-28H2,1-14H3/t29-,30-,31?,32+,33-,34-,36?,37?,39+,40-,41+,42-,44+,45-,46-,47-,49?,51+,52+,53-,54-,55+,56+/m1/s1. The monoisotopic (exact) mass is 1080 g/mol. The molecule has 6 aliphatic rings. The van der Waals surface area contributed by atoms with Crippen LogP contribution in [-0.2, 0) is 42.9 Å². The lowest BCUT2D eigenvalue weighted by Gasteiger charge is -2.64. The van der Waals surface area contributed by atoms with E-state index in [4.69, 9.17) is 35.3 Å². The minimum absolute atomic E-state index is 0.0683. The molecule has 6 N–H and O–H groups in total. The van der Waals surface area contributed by atoms with Crippen LogP contribution >= 0.6 is 11.6 Å². The molecule has 2 saturated heterocycles. The highest BCUT2D eigenvalue weighted by Crippen LogP contribution is 2.71. The van der Waals surface area contributed by atoms with Crippen molar-refractivity contribution < 1.29 is 77.9 Å². The van der Waals surface area contributed by atoms with Crippen molar-refractivity contribution in [3.63, 3.8) is 0 Å². The summed E-state index contributed by atoms with van der Waals surface area (Å²) < 4.78 is 47.1. The zero-order valence-corrected chi connectivity index (χ0v) is 47.6. The summed E-state index contributed by atoms with van der Waals surface area (Å²) in [6.07, 6.45) is -5.03. The summed E-state index contributed by atoms with van der Waals surface area (Å²) in [5.41, 5.74) is -7.76. The molecule has 23 atom stereocenters. The first-order valence-corrected chi connectivity index (χ1v) is 27.8. The molecular weight excluding hydrogens is 995 g/mol. The van der Waals surface area contributed by atoms with Gasteiger partial charge in [0.15, 0.2) is 23.8 Å². The summed E-state index contributed by atoms with van der Waals surface area (Å²) in [6.45, 7) is 18.9. The third-order valence-corrected chi connectivity index (χ3v) is 20.2. The van der Waals surface area contributed by atoms with Gasteiger partial charge in [-0.2, -0.15) is 0 Å². The van der Waals surface area contributed by atoms with Gasteiger partial charge in [-0.15, -0.1) is 11.6 Å². The summed E-state index contributed by atoms with van der Waals surface area (Å²) in [5, 5.41) is 71.8. The topological polar surface area (TPSA) is 242 Å². The highest BCUT2D eigenvalue weighted by Gasteiger charge is 2.76. The minimum atomic E-state index is -2.05. The molecule has 0 aromatic rings. The second kappa shape index (κ2) is 22.9. The second-order valence-corrected chi connectivity index (χ2v) is 25.6. The molecule has 0 bridgehead atoms. The number of ketones is 1. The predicted molar refractivity (Wildman–Crippen MR) is 276 cm³/mol. The molecule has 2 heterocycles. The van der Waals surface area contributed by atoms with Gasteiger partial charge < -0.3 is 64.1 Å². The molecule has 0 aromatic heterocycles. The van der Waals surface area contributed by atoms with Crippen LogP contribution in [0, 0.1) is 46.3 Å². The minimum Gasteiger partial charge on any atom is -0.464 e. The van der Waals surface area contributed by atoms with Crippen LogP contribution in [0.15, 0.2) is 23.8 Å². The van der Waals surface area contributed by atoms with E-state index in [2.05, 4.69) is 0 Å². The summed E-state index contributed by atoms with van der Waals surface area (Å²) in [4.78, 5) is 56.4. The fourth-order valence-corrected chi connectivity index (χ4v) is 15.2. The molecule has 6 rings (SSSR count). The number of likely N-dealkylation sites (N-methyl/N-ethyl adjacent to an activating group) is 2. The molecule has 428 valence electrons. The summed E-state index contributed by atoms with van der Waals surface area (Å²) in [7, 11) is 5.47. The normalized spacial score (nSPS) is 48.1. The first-order chi connectivity index (χ1) is 34.6. The number of allylic oxidation sites excluding steroid dienone is 4. The molecule has 5 fully saturated rings. The Hall–Kier alpha value is -2.62. The van der Waals surface area contributed by atoms with Crippen LogP contribution in [0.2, 0.25) is 0 Å². The van der Waals surface area contributed by atoms with Gasteiger partial charge in [0.1, 0.15) is 24.0 Å². The third-order valence-electron chi connectivity index (χ3n) is 19.2. The van der Waals surface area contributed by atoms with E-state index >= 15 is 4.39 Å². The van der Waals surface area contributed by atoms with Crippen LogP contribution in [-0.4, -0.2) is 187 Å². The van der Waals surface area contributed by atoms with Gasteiger partial charge in [0.25, 0.3) is 0 Å². The number of fused-ring (bicyclic) bond motifs is 5. The zero-order chi connectivity index (χ0) is 56.3. The Bertz CT molecular complexity index is 2140. The van der Waals surface area contributed by atoms with E-state index in [0.29, 0.717) is 19.4 Å². The fraction of sp³-hybridized carbons (Fsp3) is 0.857. The van der Waals surface area contributed by atoms with Gasteiger partial charge in [0, 0.05) is 35.8 Å². The Labute approximate surface area is 448 Å². The highest BCUT2D eigenvalue weighted by atomic mass is 35.5. The van der Waals surface area contributed by atoms with E-state index < -0.39 is 147 Å². The van der Waals surface area contributed by atoms with Crippen molar-refractivity contribution in [1.82, 2.24) is 9.80 Å². The van der Waals surface area contributed by atoms with E-state index in [-0.39, 0.29) is 68.8 Å². The Kier molecular flexibility index (Phi) is 18.8. The molecule has 19 heteroatoms. The second-order valence-electron chi connectivity index (χ2n) is 24.9. The number of aliphatic hydroxyl groups excluding tert-OH is 3. The molecule has 0 amide bonds. The van der Waals surface area contributed by atoms with E-state index in [1.54, 1.807) is 61.6 Å². The SMILES string of the molecule is CC[C@H]1OC(=O)[C@H](C)[C@@H](O)[C@H](C)[C@@H](OC2OC(C)C[C@@H](N(C)C)[C@H]2OC(=O)CCCCOC(=O)[C@@]2(O)[C@H](C)CC3C4C[C@H](F)C5=CC(=O)C=C[C@]5(C)[C@@]4(Cl)[C@@H](O)C[C@@]32C)[C@](C)(O)C[C@@H](C)CN(C)[C@H](C)[C@@H](O)[C@]1(C)O. The Morgan fingerprint density at radius 3 is 2.23 bits per heavy atom. The average molecular weight is 1090 g/mol. The van der Waals surface area contributed by atoms with Crippen molar-refractivity contribution in [1.29, 1.82) is 0 Å². The molecule has 17 nitrogen and oxygen atoms in total. The highest BCUT2D eigenvalue weighted by molar-refractivity contribution is 6.26. The van der Waals surface area contributed by atoms with Crippen molar-refractivity contribution >= 4 is 35.3 Å². The van der Waals surface area contributed by atoms with Gasteiger partial charge in [0.05, 0.1) is 53.5 Å². The molecule has 4 aliphatic carbocycles. The summed E-state index contributed by atoms with van der Waals surface area (Å²) in [5.74, 6) is -6.73. The molecule has 2 aliphatic heterocycles. The maximum absolute atomic E-state index is 16.1. The van der Waals surface area contributed by atoms with Crippen molar-refractivity contribution in [2.45, 2.75) is 223 Å². The van der Waals surface area contributed by atoms with Crippen molar-refractivity contribution in [2.75, 3.05) is 34.3 Å². The first-order valence-electron chi connectivity index (χ1n) is 27.4. The number of unbranched alkanes of at least 4 members (excludes halogenated alkanes) is 1. The van der Waals surface area contributed by atoms with Crippen molar-refractivity contribution in [3.05, 3.63) is 23.8 Å². The molecule has 0 radical (unpaired) electrons. The van der Waals surface area contributed by atoms with E-state index in [1.807, 2.05) is 37.7 Å². The van der Waals surface area contributed by atoms with Crippen LogP contribution in [0.25, 0.3) is 0 Å². The molecule has 75 heavy (non-hydrogen) atoms. The number of carbonyl (C=O) groups excluding carboxylic acids is 4. The predicted octanol–water partition coefficient (Wildman–Crippen LogP) is 4.81. The van der Waals surface area contributed by atoms with Crippen LogP contribution in [0.3, 0.4) is 0 Å². The lowest BCUT2D eigenvalue weighted by Crippen LogP contribution is -2.70. The van der Waals surface area contributed by atoms with Crippen molar-refractivity contribution in [2.24, 2.45) is 46.3 Å². The van der Waals surface area contributed by atoms with Crippen LogP contribution < -0.4 is 0 Å². The number of halogens is 2. The number of rotatable bonds is 11. The molecular formula is C56H90ClFN2O15. The Morgan fingerprint density at radius 2 is 1.60 bits per heavy atom. The zero-order valence-electron chi connectivity index (χ0n) is 46.8. The number of ether oxygens (including phenoxy) is 5. The third kappa shape index (κ3) is 11.2. The average Bonchev–Trinajstić information content (AvgIpc) is 3.53. The van der Waals surface area contributed by atoms with Crippen LogP contribution in [0.5, 0.6) is 0 Å². The lowest BCUT2D eigenvalue weighted by atomic mass is 9.45. The summed E-state index contributed by atoms with van der Waals surface area (Å²) >= 11 is 7.48. The molecule has 4 unspecified atom stereocenters. The number of nitrogens with zero attached hydrogens (tertiary/aromatic N) is 2. The number of esters is 3. The van der Waals surface area contributed by atoms with E-state index in [0.717, 1.165) is 0 Å². The van der Waals surface area contributed by atoms with Gasteiger partial charge in [-0.25, -0.2) is 9.18 Å². The van der Waals surface area contributed by atoms with Gasteiger partial charge in [-0.3, -0.25) is 14.4 Å². The molecule has 0 spiro atoms. The number of hydrogen-bond acceptors (Lipinski definition) is 17. The number of cyclic esters (lactones) is 1. The Morgan fingerprint density at radius 1 is 0.947 bits per heavy atom. The first kappa shape index (κ1) is 61.6. The van der Waals surface area contributed by atoms with E-state index in [9.17, 15) is 49.8 Å². The van der Waals surface area contributed by atoms with Gasteiger partial charge in [-0.1, -0.05) is 47.6 Å². The molecule has 0 aromatic carbocycles. The fourth-order valence-electron chi connectivity index (χ4n) is 14.7. The van der Waals surface area contributed by atoms with Gasteiger partial charge in [-0.05, 0) is 149 Å². The number of alkyl halides is 2. The van der Waals surface area contributed by atoms with Crippen LogP contribution in [0.4, 0.5) is 4.39 Å². The Balaban J connectivity index is 1.14. The maximum atomic E-state index is 16.1. The van der Waals surface area contributed by atoms with Gasteiger partial charge in [0.2, 0.25) is 0 Å². The van der Waals surface area contributed by atoms with Gasteiger partial charge >= 0.3 is 17.9 Å². The van der Waals surface area contributed by atoms with Crippen LogP contribution in [0.1, 0.15) is 134 Å². The largest absolute Gasteiger partial charge is 0.464 e. The lowest BCUT2D eigenvalue weighted by molar-refractivity contribution is -0.301. The smallest absolute Gasteiger partial charge is 0.338 e. The van der Waals surface area contributed by atoms with Crippen molar-refractivity contribution in [3.8, 4) is 0 Å². The number of hydrogen-bond donors (Lipinski definition) is 6. The quantitative estimate of drug-likeness (QED) is 0.0705. The maximum Gasteiger partial charge on any atom is 0.338 e. The van der Waals surface area contributed by atoms with E-state index in [1.165, 1.54) is 26.0 Å². The number of aliphatic hydroxyl groups is 6.